The van der Waals surface area contributed by atoms with Crippen LogP contribution in [0.1, 0.15) is 44.4 Å². The lowest BCUT2D eigenvalue weighted by Gasteiger charge is -2.44. The maximum Gasteiger partial charge on any atom is 0.151 e. The Hall–Kier alpha value is -1.54. The summed E-state index contributed by atoms with van der Waals surface area (Å²) >= 11 is 6.64. The first-order valence-electron chi connectivity index (χ1n) is 8.25. The largest absolute Gasteiger partial charge is 0.358 e. The molecule has 1 heterocycles. The molecular formula is C20H22ClNO. The summed E-state index contributed by atoms with van der Waals surface area (Å²) in [6.45, 7) is 10.3. The summed E-state index contributed by atoms with van der Waals surface area (Å²) in [6, 6.07) is 8.28. The number of carbonyl (C=O) groups excluding carboxylic acids is 1. The Kier molecular flexibility index (Phi) is 2.94. The number of aromatic nitrogens is 1. The van der Waals surface area contributed by atoms with Gasteiger partial charge in [0.05, 0.1) is 5.41 Å². The van der Waals surface area contributed by atoms with Gasteiger partial charge in [-0.05, 0) is 30.9 Å². The summed E-state index contributed by atoms with van der Waals surface area (Å²) in [6.07, 6.45) is 2.59. The molecule has 2 aliphatic rings. The topological polar surface area (TPSA) is 32.9 Å². The third-order valence-electron chi connectivity index (χ3n) is 6.38. The molecule has 0 amide bonds. The van der Waals surface area contributed by atoms with Gasteiger partial charge in [0.2, 0.25) is 0 Å². The van der Waals surface area contributed by atoms with Crippen LogP contribution in [-0.2, 0) is 10.2 Å². The number of para-hydroxylation sites is 1. The Morgan fingerprint density at radius 2 is 2.00 bits per heavy atom. The average molecular weight is 328 g/mol. The Balaban J connectivity index is 1.99. The number of hydrogen-bond donors (Lipinski definition) is 1. The van der Waals surface area contributed by atoms with Gasteiger partial charge in [0, 0.05) is 33.3 Å². The van der Waals surface area contributed by atoms with E-state index in [0.717, 1.165) is 11.9 Å². The average Bonchev–Trinajstić information content (AvgIpc) is 3.00. The maximum absolute atomic E-state index is 13.4. The monoisotopic (exact) mass is 327 g/mol. The van der Waals surface area contributed by atoms with Gasteiger partial charge in [-0.25, -0.2) is 0 Å². The van der Waals surface area contributed by atoms with E-state index in [1.165, 1.54) is 16.6 Å². The van der Waals surface area contributed by atoms with Gasteiger partial charge in [0.1, 0.15) is 0 Å². The highest BCUT2D eigenvalue weighted by atomic mass is 35.5. The van der Waals surface area contributed by atoms with Crippen LogP contribution < -0.4 is 0 Å². The highest BCUT2D eigenvalue weighted by Gasteiger charge is 2.59. The van der Waals surface area contributed by atoms with E-state index in [0.29, 0.717) is 0 Å². The molecule has 0 radical (unpaired) electrons. The number of rotatable bonds is 1. The van der Waals surface area contributed by atoms with Crippen molar-refractivity contribution in [2.75, 3.05) is 0 Å². The molecule has 0 saturated heterocycles. The standard InChI is InChI=1S/C20H22ClNO/c1-5-20(4)14(21)10-12-16(18(20)23)15-11-8-6-7-9-13(11)22-17(15)19(12,2)3/h5-9,12,14,16,22H,1,10H2,2-4H3/t12-,14+,16-,20+/m0/s1. The van der Waals surface area contributed by atoms with Gasteiger partial charge < -0.3 is 4.98 Å². The molecule has 2 aromatic rings. The zero-order chi connectivity index (χ0) is 16.6. The van der Waals surface area contributed by atoms with Gasteiger partial charge in [-0.1, -0.05) is 38.1 Å². The number of aromatic amines is 1. The van der Waals surface area contributed by atoms with Crippen LogP contribution in [0.4, 0.5) is 0 Å². The molecule has 3 heteroatoms. The number of fused-ring (bicyclic) bond motifs is 5. The lowest BCUT2D eigenvalue weighted by molar-refractivity contribution is -0.131. The quantitative estimate of drug-likeness (QED) is 0.584. The molecule has 1 N–H and O–H groups in total. The van der Waals surface area contributed by atoms with Crippen LogP contribution in [0.5, 0.6) is 0 Å². The van der Waals surface area contributed by atoms with E-state index in [-0.39, 0.29) is 28.4 Å². The summed E-state index contributed by atoms with van der Waals surface area (Å²) in [5.41, 5.74) is 2.78. The summed E-state index contributed by atoms with van der Waals surface area (Å²) in [7, 11) is 0. The van der Waals surface area contributed by atoms with Crippen LogP contribution in [0.25, 0.3) is 10.9 Å². The van der Waals surface area contributed by atoms with Crippen molar-refractivity contribution in [3.63, 3.8) is 0 Å². The molecule has 4 atom stereocenters. The number of ketones is 1. The van der Waals surface area contributed by atoms with Gasteiger partial charge in [-0.3, -0.25) is 4.79 Å². The number of allylic oxidation sites excluding steroid dienone is 1. The zero-order valence-corrected chi connectivity index (χ0v) is 14.6. The lowest BCUT2D eigenvalue weighted by Crippen LogP contribution is -2.48. The summed E-state index contributed by atoms with van der Waals surface area (Å²) in [4.78, 5) is 17.0. The third kappa shape index (κ3) is 1.68. The van der Waals surface area contributed by atoms with Crippen LogP contribution in [0.2, 0.25) is 0 Å². The molecule has 4 rings (SSSR count). The summed E-state index contributed by atoms with van der Waals surface area (Å²) < 4.78 is 0. The third-order valence-corrected chi connectivity index (χ3v) is 7.01. The van der Waals surface area contributed by atoms with Crippen molar-refractivity contribution < 1.29 is 4.79 Å². The zero-order valence-electron chi connectivity index (χ0n) is 13.8. The van der Waals surface area contributed by atoms with Gasteiger partial charge >= 0.3 is 0 Å². The molecule has 1 aromatic carbocycles. The lowest BCUT2D eigenvalue weighted by atomic mass is 9.61. The molecule has 23 heavy (non-hydrogen) atoms. The number of H-pyrrole nitrogens is 1. The molecule has 1 fully saturated rings. The minimum Gasteiger partial charge on any atom is -0.358 e. The normalized spacial score (nSPS) is 35.1. The number of halogens is 1. The predicted octanol–water partition coefficient (Wildman–Crippen LogP) is 4.93. The highest BCUT2D eigenvalue weighted by molar-refractivity contribution is 6.24. The Labute approximate surface area is 141 Å². The number of Topliss-reactive ketones (excluding diaryl/α,β-unsaturated/α-hetero) is 1. The number of hydrogen-bond acceptors (Lipinski definition) is 1. The van der Waals surface area contributed by atoms with Crippen LogP contribution in [0, 0.1) is 11.3 Å². The number of carbonyl (C=O) groups is 1. The second-order valence-corrected chi connectivity index (χ2v) is 8.35. The van der Waals surface area contributed by atoms with Crippen molar-refractivity contribution in [1.29, 1.82) is 0 Å². The van der Waals surface area contributed by atoms with Crippen LogP contribution >= 0.6 is 11.6 Å². The van der Waals surface area contributed by atoms with Crippen LogP contribution in [0.15, 0.2) is 36.9 Å². The van der Waals surface area contributed by atoms with Crippen molar-refractivity contribution in [3.8, 4) is 0 Å². The van der Waals surface area contributed by atoms with Gasteiger partial charge in [-0.2, -0.15) is 0 Å². The second kappa shape index (κ2) is 4.51. The Morgan fingerprint density at radius 3 is 2.70 bits per heavy atom. The van der Waals surface area contributed by atoms with E-state index < -0.39 is 5.41 Å². The van der Waals surface area contributed by atoms with E-state index in [9.17, 15) is 4.79 Å². The van der Waals surface area contributed by atoms with Crippen molar-refractivity contribution in [1.82, 2.24) is 4.98 Å². The van der Waals surface area contributed by atoms with E-state index in [1.807, 2.05) is 19.1 Å². The molecular weight excluding hydrogens is 306 g/mol. The number of benzene rings is 1. The summed E-state index contributed by atoms with van der Waals surface area (Å²) in [5.74, 6) is 0.380. The number of alkyl halides is 1. The molecule has 0 unspecified atom stereocenters. The maximum atomic E-state index is 13.4. The fourth-order valence-electron chi connectivity index (χ4n) is 4.73. The molecule has 0 bridgehead atoms. The SMILES string of the molecule is C=C[C@@]1(C)C(=O)[C@@H]2c3c([nH]c4ccccc34)C(C)(C)[C@H]2C[C@H]1Cl. The van der Waals surface area contributed by atoms with E-state index in [2.05, 4.69) is 37.5 Å². The minimum atomic E-state index is -0.654. The van der Waals surface area contributed by atoms with Crippen LogP contribution in [-0.4, -0.2) is 16.1 Å². The minimum absolute atomic E-state index is 0.0790. The molecule has 2 nitrogen and oxygen atoms in total. The Bertz CT molecular complexity index is 833. The Morgan fingerprint density at radius 1 is 1.30 bits per heavy atom. The van der Waals surface area contributed by atoms with Crippen molar-refractivity contribution in [2.24, 2.45) is 11.3 Å². The molecule has 1 aromatic heterocycles. The fourth-order valence-corrected chi connectivity index (χ4v) is 5.12. The smallest absolute Gasteiger partial charge is 0.151 e. The van der Waals surface area contributed by atoms with Crippen LogP contribution in [0.3, 0.4) is 0 Å². The van der Waals surface area contributed by atoms with E-state index in [1.54, 1.807) is 6.08 Å². The molecule has 2 aliphatic carbocycles. The fraction of sp³-hybridized carbons (Fsp3) is 0.450. The predicted molar refractivity (Wildman–Crippen MR) is 95.1 cm³/mol. The number of nitrogens with one attached hydrogen (secondary N) is 1. The first kappa shape index (κ1) is 15.0. The second-order valence-electron chi connectivity index (χ2n) is 7.82. The van der Waals surface area contributed by atoms with E-state index >= 15 is 0 Å². The highest BCUT2D eigenvalue weighted by Crippen LogP contribution is 2.60. The molecule has 0 spiro atoms. The van der Waals surface area contributed by atoms with Crippen molar-refractivity contribution >= 4 is 28.3 Å². The van der Waals surface area contributed by atoms with Crippen molar-refractivity contribution in [3.05, 3.63) is 48.2 Å². The van der Waals surface area contributed by atoms with E-state index in [4.69, 9.17) is 11.6 Å². The first-order chi connectivity index (χ1) is 10.8. The van der Waals surface area contributed by atoms with Gasteiger partial charge in [0.25, 0.3) is 0 Å². The first-order valence-corrected chi connectivity index (χ1v) is 8.69. The van der Waals surface area contributed by atoms with Crippen molar-refractivity contribution in [2.45, 2.75) is 43.9 Å². The van der Waals surface area contributed by atoms with Gasteiger partial charge in [0.15, 0.2) is 5.78 Å². The molecule has 120 valence electrons. The summed E-state index contributed by atoms with van der Waals surface area (Å²) in [5, 5.41) is 0.985. The molecule has 1 saturated carbocycles. The molecule has 0 aliphatic heterocycles. The van der Waals surface area contributed by atoms with Gasteiger partial charge in [-0.15, -0.1) is 18.2 Å².